The summed E-state index contributed by atoms with van der Waals surface area (Å²) in [7, 11) is 3.17. The van der Waals surface area contributed by atoms with Crippen molar-refractivity contribution in [1.82, 2.24) is 9.97 Å². The molecule has 0 amide bonds. The number of nitrogens with zero attached hydrogens (tertiary/aromatic N) is 2. The van der Waals surface area contributed by atoms with Gasteiger partial charge in [-0.2, -0.15) is 0 Å². The average Bonchev–Trinajstić information content (AvgIpc) is 2.72. The van der Waals surface area contributed by atoms with Crippen LogP contribution in [0.15, 0.2) is 42.7 Å². The van der Waals surface area contributed by atoms with Crippen LogP contribution in [0.2, 0.25) is 0 Å². The van der Waals surface area contributed by atoms with E-state index in [2.05, 4.69) is 30.7 Å². The molecule has 0 unspecified atom stereocenters. The van der Waals surface area contributed by atoms with E-state index in [-0.39, 0.29) is 5.41 Å². The van der Waals surface area contributed by atoms with Crippen LogP contribution in [0.25, 0.3) is 23.3 Å². The number of nitrogens with two attached hydrogens (primary N) is 1. The van der Waals surface area contributed by atoms with E-state index in [4.69, 9.17) is 15.2 Å². The Kier molecular flexibility index (Phi) is 6.06. The molecule has 156 valence electrons. The van der Waals surface area contributed by atoms with E-state index < -0.39 is 5.82 Å². The van der Waals surface area contributed by atoms with Crippen molar-refractivity contribution in [2.75, 3.05) is 20.0 Å². The lowest BCUT2D eigenvalue weighted by atomic mass is 9.83. The van der Waals surface area contributed by atoms with Crippen LogP contribution in [-0.4, -0.2) is 24.2 Å². The molecular formula is C24H26FN3O2. The van der Waals surface area contributed by atoms with E-state index in [0.29, 0.717) is 17.1 Å². The highest BCUT2D eigenvalue weighted by atomic mass is 19.1. The molecule has 0 bridgehead atoms. The molecule has 30 heavy (non-hydrogen) atoms. The summed E-state index contributed by atoms with van der Waals surface area (Å²) in [6.45, 7) is 6.31. The molecule has 3 aromatic rings. The molecule has 2 heterocycles. The van der Waals surface area contributed by atoms with Gasteiger partial charge in [0.15, 0.2) is 0 Å². The van der Waals surface area contributed by atoms with Gasteiger partial charge in [-0.1, -0.05) is 20.8 Å². The van der Waals surface area contributed by atoms with Crippen molar-refractivity contribution in [3.63, 3.8) is 0 Å². The van der Waals surface area contributed by atoms with Crippen molar-refractivity contribution in [2.24, 2.45) is 0 Å². The number of nitrogen functional groups attached to an aromatic ring is 1. The fourth-order valence-corrected chi connectivity index (χ4v) is 3.20. The van der Waals surface area contributed by atoms with E-state index in [1.165, 1.54) is 13.2 Å². The summed E-state index contributed by atoms with van der Waals surface area (Å²) in [6.07, 6.45) is 6.56. The third kappa shape index (κ3) is 4.59. The van der Waals surface area contributed by atoms with Crippen molar-refractivity contribution in [2.45, 2.75) is 26.2 Å². The Balaban J connectivity index is 2.21. The Morgan fingerprint density at radius 3 is 2.33 bits per heavy atom. The minimum atomic E-state index is -0.429. The first-order chi connectivity index (χ1) is 14.2. The topological polar surface area (TPSA) is 70.3 Å². The molecule has 0 spiro atoms. The number of ether oxygens (including phenoxy) is 2. The lowest BCUT2D eigenvalue weighted by molar-refractivity contribution is 0.395. The van der Waals surface area contributed by atoms with Gasteiger partial charge in [0, 0.05) is 16.7 Å². The zero-order valence-corrected chi connectivity index (χ0v) is 17.9. The smallest absolute Gasteiger partial charge is 0.221 e. The Bertz CT molecular complexity index is 1070. The highest BCUT2D eigenvalue weighted by molar-refractivity contribution is 5.79. The van der Waals surface area contributed by atoms with Gasteiger partial charge in [0.05, 0.1) is 38.0 Å². The molecule has 1 aromatic carbocycles. The van der Waals surface area contributed by atoms with Crippen LogP contribution < -0.4 is 15.2 Å². The third-order valence-corrected chi connectivity index (χ3v) is 4.69. The average molecular weight is 407 g/mol. The van der Waals surface area contributed by atoms with Crippen molar-refractivity contribution >= 4 is 17.8 Å². The number of aromatic nitrogens is 2. The van der Waals surface area contributed by atoms with Crippen molar-refractivity contribution in [3.8, 4) is 22.8 Å². The van der Waals surface area contributed by atoms with Gasteiger partial charge in [-0.15, -0.1) is 0 Å². The SMILES string of the molecule is COc1ncc(F)cc1-c1cc(/C=C/c2ccc(N)cn2)c(OC)c(C(C)(C)C)c1. The summed E-state index contributed by atoms with van der Waals surface area (Å²) in [5.41, 5.74) is 10.1. The fourth-order valence-electron chi connectivity index (χ4n) is 3.20. The maximum atomic E-state index is 14.0. The molecule has 0 aliphatic rings. The first kappa shape index (κ1) is 21.3. The van der Waals surface area contributed by atoms with E-state index in [9.17, 15) is 4.39 Å². The molecule has 0 radical (unpaired) electrons. The van der Waals surface area contributed by atoms with Crippen LogP contribution >= 0.6 is 0 Å². The molecule has 0 aliphatic heterocycles. The second kappa shape index (κ2) is 8.53. The van der Waals surface area contributed by atoms with E-state index in [1.807, 2.05) is 30.4 Å². The van der Waals surface area contributed by atoms with Crippen molar-refractivity contribution in [3.05, 3.63) is 65.4 Å². The highest BCUT2D eigenvalue weighted by Gasteiger charge is 2.23. The Hall–Kier alpha value is -3.41. The van der Waals surface area contributed by atoms with E-state index in [0.717, 1.165) is 34.3 Å². The fraction of sp³-hybridized carbons (Fsp3) is 0.250. The van der Waals surface area contributed by atoms with Gasteiger partial charge in [0.25, 0.3) is 0 Å². The van der Waals surface area contributed by atoms with Gasteiger partial charge in [0.2, 0.25) is 5.88 Å². The predicted octanol–water partition coefficient (Wildman–Crippen LogP) is 5.35. The lowest BCUT2D eigenvalue weighted by Gasteiger charge is -2.25. The van der Waals surface area contributed by atoms with Crippen LogP contribution in [0.3, 0.4) is 0 Å². The Morgan fingerprint density at radius 1 is 0.967 bits per heavy atom. The van der Waals surface area contributed by atoms with Crippen LogP contribution in [0.4, 0.5) is 10.1 Å². The maximum Gasteiger partial charge on any atom is 0.221 e. The van der Waals surface area contributed by atoms with E-state index in [1.54, 1.807) is 19.4 Å². The molecule has 3 rings (SSSR count). The van der Waals surface area contributed by atoms with Crippen LogP contribution in [0.5, 0.6) is 11.6 Å². The summed E-state index contributed by atoms with van der Waals surface area (Å²) in [5, 5.41) is 0. The van der Waals surface area contributed by atoms with Gasteiger partial charge in [0.1, 0.15) is 11.6 Å². The first-order valence-corrected chi connectivity index (χ1v) is 9.55. The number of methoxy groups -OCH3 is 2. The van der Waals surface area contributed by atoms with Gasteiger partial charge in [-0.05, 0) is 53.5 Å². The summed E-state index contributed by atoms with van der Waals surface area (Å²) in [6, 6.07) is 8.99. The third-order valence-electron chi connectivity index (χ3n) is 4.69. The molecule has 6 heteroatoms. The largest absolute Gasteiger partial charge is 0.496 e. The summed E-state index contributed by atoms with van der Waals surface area (Å²) >= 11 is 0. The van der Waals surface area contributed by atoms with Crippen molar-refractivity contribution < 1.29 is 13.9 Å². The molecular weight excluding hydrogens is 381 g/mol. The lowest BCUT2D eigenvalue weighted by Crippen LogP contribution is -2.14. The molecule has 0 aliphatic carbocycles. The van der Waals surface area contributed by atoms with Crippen molar-refractivity contribution in [1.29, 1.82) is 0 Å². The van der Waals surface area contributed by atoms with Gasteiger partial charge in [-0.25, -0.2) is 9.37 Å². The standard InChI is InChI=1S/C24H26FN3O2/c1-24(2,3)21-11-16(20-12-17(25)13-28-23(20)30-5)10-15(22(21)29-4)6-8-19-9-7-18(26)14-27-19/h6-14H,26H2,1-5H3/b8-6+. The molecule has 2 aromatic heterocycles. The number of halogens is 1. The second-order valence-corrected chi connectivity index (χ2v) is 7.96. The van der Waals surface area contributed by atoms with Crippen LogP contribution in [0.1, 0.15) is 37.6 Å². The molecule has 0 atom stereocenters. The van der Waals surface area contributed by atoms with Gasteiger partial charge >= 0.3 is 0 Å². The number of hydrogen-bond donors (Lipinski definition) is 1. The number of rotatable bonds is 5. The van der Waals surface area contributed by atoms with Crippen LogP contribution in [-0.2, 0) is 5.41 Å². The number of hydrogen-bond acceptors (Lipinski definition) is 5. The normalized spacial score (nSPS) is 11.7. The molecule has 0 saturated carbocycles. The van der Waals surface area contributed by atoms with Gasteiger partial charge in [-0.3, -0.25) is 4.98 Å². The quantitative estimate of drug-likeness (QED) is 0.617. The zero-order chi connectivity index (χ0) is 21.9. The Morgan fingerprint density at radius 2 is 1.73 bits per heavy atom. The summed E-state index contributed by atoms with van der Waals surface area (Å²) in [4.78, 5) is 8.38. The number of pyridine rings is 2. The molecule has 0 saturated heterocycles. The first-order valence-electron chi connectivity index (χ1n) is 9.55. The zero-order valence-electron chi connectivity index (χ0n) is 17.9. The van der Waals surface area contributed by atoms with E-state index >= 15 is 0 Å². The minimum Gasteiger partial charge on any atom is -0.496 e. The highest BCUT2D eigenvalue weighted by Crippen LogP contribution is 2.40. The number of anilines is 1. The maximum absolute atomic E-state index is 14.0. The summed E-state index contributed by atoms with van der Waals surface area (Å²) < 4.78 is 25.1. The monoisotopic (exact) mass is 407 g/mol. The Labute approximate surface area is 176 Å². The molecule has 2 N–H and O–H groups in total. The predicted molar refractivity (Wildman–Crippen MR) is 119 cm³/mol. The van der Waals surface area contributed by atoms with Gasteiger partial charge < -0.3 is 15.2 Å². The summed E-state index contributed by atoms with van der Waals surface area (Å²) in [5.74, 6) is 0.680. The minimum absolute atomic E-state index is 0.211. The second-order valence-electron chi connectivity index (χ2n) is 7.96. The van der Waals surface area contributed by atoms with Crippen LogP contribution in [0, 0.1) is 5.82 Å². The number of benzene rings is 1. The molecule has 0 fully saturated rings. The molecule has 5 nitrogen and oxygen atoms in total.